The number of fused-ring (bicyclic) bond motifs is 1. The topological polar surface area (TPSA) is 96.8 Å². The van der Waals surface area contributed by atoms with Crippen LogP contribution in [0.25, 0.3) is 0 Å². The van der Waals surface area contributed by atoms with Gasteiger partial charge in [0, 0.05) is 48.2 Å². The van der Waals surface area contributed by atoms with Gasteiger partial charge in [-0.15, -0.1) is 0 Å². The van der Waals surface area contributed by atoms with Gasteiger partial charge in [-0.2, -0.15) is 4.37 Å². The van der Waals surface area contributed by atoms with E-state index in [0.717, 1.165) is 48.5 Å². The molecule has 3 atom stereocenters. The molecule has 3 aromatic rings. The fourth-order valence-corrected chi connectivity index (χ4v) is 6.72. The van der Waals surface area contributed by atoms with Gasteiger partial charge < -0.3 is 9.73 Å². The lowest BCUT2D eigenvalue weighted by Crippen LogP contribution is -2.41. The molecule has 0 radical (unpaired) electrons. The van der Waals surface area contributed by atoms with Crippen molar-refractivity contribution in [2.45, 2.75) is 36.2 Å². The van der Waals surface area contributed by atoms with Gasteiger partial charge >= 0.3 is 0 Å². The Labute approximate surface area is 208 Å². The highest BCUT2D eigenvalue weighted by atomic mass is 32.2. The van der Waals surface area contributed by atoms with E-state index in [9.17, 15) is 12.8 Å². The summed E-state index contributed by atoms with van der Waals surface area (Å²) in [5.74, 6) is 0.721. The van der Waals surface area contributed by atoms with Crippen LogP contribution in [0.3, 0.4) is 0 Å². The molecular formula is C24H26FN5O3S2. The third kappa shape index (κ3) is 5.07. The average Bonchev–Trinajstić information content (AvgIpc) is 3.36. The highest BCUT2D eigenvalue weighted by molar-refractivity contribution is 7.93. The number of anilines is 1. The summed E-state index contributed by atoms with van der Waals surface area (Å²) in [6, 6.07) is 11.9. The molecule has 8 nitrogen and oxygen atoms in total. The lowest BCUT2D eigenvalue weighted by Gasteiger charge is -2.45. The van der Waals surface area contributed by atoms with E-state index in [1.165, 1.54) is 18.5 Å². The molecule has 0 aliphatic carbocycles. The molecule has 2 aliphatic rings. The van der Waals surface area contributed by atoms with Crippen LogP contribution in [0.1, 0.15) is 42.5 Å². The van der Waals surface area contributed by atoms with Gasteiger partial charge in [0.25, 0.3) is 10.0 Å². The lowest BCUT2D eigenvalue weighted by atomic mass is 9.84. The number of likely N-dealkylation sites (tertiary alicyclic amines) is 1. The van der Waals surface area contributed by atoms with E-state index < -0.39 is 10.0 Å². The molecule has 1 fully saturated rings. The first-order valence-electron chi connectivity index (χ1n) is 11.4. The molecule has 11 heteroatoms. The van der Waals surface area contributed by atoms with Gasteiger partial charge in [0.05, 0.1) is 11.5 Å². The normalized spacial score (nSPS) is 22.7. The number of halogens is 1. The third-order valence-corrected chi connectivity index (χ3v) is 8.73. The fraction of sp³-hybridized carbons (Fsp3) is 0.375. The van der Waals surface area contributed by atoms with Crippen LogP contribution in [-0.2, 0) is 10.0 Å². The highest BCUT2D eigenvalue weighted by Crippen LogP contribution is 2.45. The first kappa shape index (κ1) is 23.8. The van der Waals surface area contributed by atoms with Crippen molar-refractivity contribution in [1.82, 2.24) is 14.3 Å². The number of nitrogens with zero attached hydrogens (tertiary/aromatic N) is 4. The fourth-order valence-electron chi connectivity index (χ4n) is 5.04. The molecule has 184 valence electrons. The van der Waals surface area contributed by atoms with Crippen LogP contribution in [0.5, 0.6) is 5.75 Å². The number of rotatable bonds is 7. The largest absolute Gasteiger partial charge is 0.493 e. The molecule has 1 saturated heterocycles. The molecule has 2 aromatic carbocycles. The van der Waals surface area contributed by atoms with Crippen molar-refractivity contribution >= 4 is 33.4 Å². The molecule has 3 heterocycles. The lowest BCUT2D eigenvalue weighted by molar-refractivity contribution is 0.0469. The van der Waals surface area contributed by atoms with E-state index in [2.05, 4.69) is 30.7 Å². The summed E-state index contributed by atoms with van der Waals surface area (Å²) in [6.07, 6.45) is 3.97. The van der Waals surface area contributed by atoms with E-state index >= 15 is 0 Å². The Balaban J connectivity index is 1.45. The first-order chi connectivity index (χ1) is 16.9. The maximum absolute atomic E-state index is 13.6. The minimum Gasteiger partial charge on any atom is -0.493 e. The number of benzene rings is 2. The second-order valence-corrected chi connectivity index (χ2v) is 11.3. The molecular weight excluding hydrogens is 489 g/mol. The Morgan fingerprint density at radius 2 is 2.03 bits per heavy atom. The molecule has 1 aromatic heterocycles. The van der Waals surface area contributed by atoms with Crippen LogP contribution in [0, 0.1) is 11.7 Å². The van der Waals surface area contributed by atoms with Crippen LogP contribution in [0.15, 0.2) is 58.7 Å². The van der Waals surface area contributed by atoms with Crippen LogP contribution in [0.2, 0.25) is 0 Å². The Bertz CT molecular complexity index is 1280. The smallest absolute Gasteiger partial charge is 0.263 e. The van der Waals surface area contributed by atoms with Crippen molar-refractivity contribution in [2.75, 3.05) is 24.4 Å². The van der Waals surface area contributed by atoms with Crippen LogP contribution in [-0.4, -0.2) is 49.1 Å². The number of ether oxygens (including phenoxy) is 1. The zero-order valence-corrected chi connectivity index (χ0v) is 20.6. The quantitative estimate of drug-likeness (QED) is 0.467. The Hall–Kier alpha value is -2.89. The zero-order chi connectivity index (χ0) is 24.4. The summed E-state index contributed by atoms with van der Waals surface area (Å²) < 4.78 is 51.5. The van der Waals surface area contributed by atoms with Gasteiger partial charge in [0.15, 0.2) is 0 Å². The van der Waals surface area contributed by atoms with E-state index in [1.807, 2.05) is 18.2 Å². The van der Waals surface area contributed by atoms with Crippen LogP contribution < -0.4 is 9.46 Å². The monoisotopic (exact) mass is 515 g/mol. The first-order valence-corrected chi connectivity index (χ1v) is 13.7. The molecule has 2 aliphatic heterocycles. The average molecular weight is 516 g/mol. The molecule has 35 heavy (non-hydrogen) atoms. The number of piperidine rings is 1. The summed E-state index contributed by atoms with van der Waals surface area (Å²) >= 11 is 0.972. The van der Waals surface area contributed by atoms with Gasteiger partial charge in [0.1, 0.15) is 17.9 Å². The summed E-state index contributed by atoms with van der Waals surface area (Å²) in [6.45, 7) is 5.70. The summed E-state index contributed by atoms with van der Waals surface area (Å²) in [5.41, 5.74) is 2.02. The van der Waals surface area contributed by atoms with Crippen molar-refractivity contribution in [3.05, 3.63) is 65.7 Å². The van der Waals surface area contributed by atoms with Gasteiger partial charge in [-0.1, -0.05) is 18.2 Å². The molecule has 0 amide bonds. The number of sulfonamides is 1. The van der Waals surface area contributed by atoms with Gasteiger partial charge in [0.2, 0.25) is 5.13 Å². The number of aliphatic imine (C=N–C) groups is 1. The number of aromatic nitrogens is 2. The SMILES string of the molecule is C=NC[C@@H]1CCN([C@H]2CCOc3cc(S(=O)(=O)Nc4ncns4)ccc32)[C@H](c2ccc(F)cc2)C1. The zero-order valence-electron chi connectivity index (χ0n) is 19.0. The Morgan fingerprint density at radius 1 is 1.20 bits per heavy atom. The molecule has 0 spiro atoms. The predicted molar refractivity (Wildman–Crippen MR) is 133 cm³/mol. The van der Waals surface area contributed by atoms with Crippen LogP contribution in [0.4, 0.5) is 9.52 Å². The minimum atomic E-state index is -3.82. The van der Waals surface area contributed by atoms with E-state index in [4.69, 9.17) is 4.74 Å². The molecule has 0 bridgehead atoms. The third-order valence-electron chi connectivity index (χ3n) is 6.68. The maximum Gasteiger partial charge on any atom is 0.263 e. The minimum absolute atomic E-state index is 0.0549. The summed E-state index contributed by atoms with van der Waals surface area (Å²) in [7, 11) is -3.82. The second kappa shape index (κ2) is 10.00. The molecule has 5 rings (SSSR count). The molecule has 1 N–H and O–H groups in total. The van der Waals surface area contributed by atoms with Crippen molar-refractivity contribution in [3.8, 4) is 5.75 Å². The van der Waals surface area contributed by atoms with Crippen molar-refractivity contribution in [3.63, 3.8) is 0 Å². The van der Waals surface area contributed by atoms with Crippen molar-refractivity contribution in [1.29, 1.82) is 0 Å². The molecule has 0 saturated carbocycles. The van der Waals surface area contributed by atoms with E-state index in [-0.39, 0.29) is 27.9 Å². The van der Waals surface area contributed by atoms with Gasteiger partial charge in [-0.3, -0.25) is 9.62 Å². The Morgan fingerprint density at radius 3 is 2.77 bits per heavy atom. The van der Waals surface area contributed by atoms with Crippen molar-refractivity contribution < 1.29 is 17.5 Å². The van der Waals surface area contributed by atoms with Gasteiger partial charge in [-0.05, 0) is 55.8 Å². The predicted octanol–water partition coefficient (Wildman–Crippen LogP) is 4.46. The van der Waals surface area contributed by atoms with Crippen molar-refractivity contribution in [2.24, 2.45) is 10.9 Å². The second-order valence-electron chi connectivity index (χ2n) is 8.81. The number of hydrogen-bond acceptors (Lipinski definition) is 8. The van der Waals surface area contributed by atoms with E-state index in [0.29, 0.717) is 24.8 Å². The summed E-state index contributed by atoms with van der Waals surface area (Å²) in [5, 5.41) is 0.209. The summed E-state index contributed by atoms with van der Waals surface area (Å²) in [4.78, 5) is 10.6. The molecule has 0 unspecified atom stereocenters. The maximum atomic E-state index is 13.6. The number of nitrogens with one attached hydrogen (secondary N) is 1. The van der Waals surface area contributed by atoms with Crippen LogP contribution >= 0.6 is 11.5 Å². The Kier molecular flexibility index (Phi) is 6.81. The standard InChI is InChI=1S/C24H26FN5O3S2/c1-26-14-16-8-10-30(22(12-16)17-2-4-18(25)5-3-17)21-9-11-33-23-13-19(6-7-20(21)23)35(31,32)29-24-27-15-28-34-24/h2-7,13,15-16,21-22H,1,8-12,14H2,(H,27,28,29)/t16-,21+,22+/m1/s1. The van der Waals surface area contributed by atoms with E-state index in [1.54, 1.807) is 12.1 Å². The van der Waals surface area contributed by atoms with Gasteiger partial charge in [-0.25, -0.2) is 17.8 Å². The highest BCUT2D eigenvalue weighted by Gasteiger charge is 2.37. The number of hydrogen-bond donors (Lipinski definition) is 1.